The smallest absolute Gasteiger partial charge is 0.324 e. The molecule has 0 aliphatic rings. The van der Waals surface area contributed by atoms with Crippen molar-refractivity contribution in [3.05, 3.63) is 29.8 Å². The summed E-state index contributed by atoms with van der Waals surface area (Å²) in [5.41, 5.74) is 0.297. The Hall–Kier alpha value is -1.40. The van der Waals surface area contributed by atoms with Crippen LogP contribution in [0, 0.1) is 12.8 Å². The number of benzene rings is 1. The monoisotopic (exact) mass is 327 g/mol. The molecule has 0 unspecified atom stereocenters. The Labute approximate surface area is 133 Å². The molecule has 6 heteroatoms. The van der Waals surface area contributed by atoms with Gasteiger partial charge in [-0.1, -0.05) is 31.5 Å². The Balaban J connectivity index is 3.00. The Morgan fingerprint density at radius 3 is 2.05 bits per heavy atom. The van der Waals surface area contributed by atoms with Gasteiger partial charge in [0.2, 0.25) is 10.0 Å². The first-order chi connectivity index (χ1) is 9.92. The quantitative estimate of drug-likeness (QED) is 0.844. The van der Waals surface area contributed by atoms with Crippen molar-refractivity contribution in [3.63, 3.8) is 0 Å². The second-order valence-corrected chi connectivity index (χ2v) is 8.40. The van der Waals surface area contributed by atoms with Crippen LogP contribution in [0.2, 0.25) is 0 Å². The van der Waals surface area contributed by atoms with Crippen molar-refractivity contribution in [2.45, 2.75) is 58.1 Å². The summed E-state index contributed by atoms with van der Waals surface area (Å²) in [6.45, 7) is 10.7. The number of carbonyl (C=O) groups excluding carboxylic acids is 1. The van der Waals surface area contributed by atoms with Gasteiger partial charge in [-0.3, -0.25) is 4.79 Å². The van der Waals surface area contributed by atoms with Crippen molar-refractivity contribution in [2.75, 3.05) is 0 Å². The topological polar surface area (TPSA) is 72.5 Å². The van der Waals surface area contributed by atoms with Crippen LogP contribution < -0.4 is 4.72 Å². The molecule has 0 aromatic heterocycles. The highest BCUT2D eigenvalue weighted by molar-refractivity contribution is 7.89. The molecule has 0 bridgehead atoms. The average molecular weight is 327 g/mol. The Kier molecular flexibility index (Phi) is 5.76. The Bertz CT molecular complexity index is 613. The summed E-state index contributed by atoms with van der Waals surface area (Å²) in [6.07, 6.45) is 0. The average Bonchev–Trinajstić information content (AvgIpc) is 2.34. The van der Waals surface area contributed by atoms with Crippen LogP contribution >= 0.6 is 0 Å². The van der Waals surface area contributed by atoms with E-state index in [2.05, 4.69) is 4.72 Å². The van der Waals surface area contributed by atoms with Gasteiger partial charge in [0.15, 0.2) is 0 Å². The second kappa shape index (κ2) is 6.79. The van der Waals surface area contributed by atoms with E-state index < -0.39 is 27.6 Å². The van der Waals surface area contributed by atoms with E-state index in [0.29, 0.717) is 0 Å². The number of carbonyl (C=O) groups is 1. The van der Waals surface area contributed by atoms with Crippen molar-refractivity contribution in [1.82, 2.24) is 4.72 Å². The van der Waals surface area contributed by atoms with Gasteiger partial charge in [-0.05, 0) is 45.7 Å². The molecule has 1 rings (SSSR count). The van der Waals surface area contributed by atoms with E-state index in [1.807, 2.05) is 6.92 Å². The van der Waals surface area contributed by atoms with Gasteiger partial charge >= 0.3 is 5.97 Å². The number of hydrogen-bond acceptors (Lipinski definition) is 4. The number of esters is 1. The van der Waals surface area contributed by atoms with Gasteiger partial charge in [0, 0.05) is 0 Å². The van der Waals surface area contributed by atoms with Crippen molar-refractivity contribution in [3.8, 4) is 0 Å². The van der Waals surface area contributed by atoms with Crippen LogP contribution in [0.5, 0.6) is 0 Å². The minimum Gasteiger partial charge on any atom is -0.459 e. The largest absolute Gasteiger partial charge is 0.459 e. The molecule has 0 radical (unpaired) electrons. The molecule has 1 atom stereocenters. The minimum absolute atomic E-state index is 0.132. The molecule has 1 aromatic rings. The van der Waals surface area contributed by atoms with Gasteiger partial charge in [-0.15, -0.1) is 0 Å². The number of hydrogen-bond donors (Lipinski definition) is 1. The van der Waals surface area contributed by atoms with Crippen molar-refractivity contribution < 1.29 is 17.9 Å². The molecule has 0 heterocycles. The van der Waals surface area contributed by atoms with E-state index in [1.54, 1.807) is 46.8 Å². The Morgan fingerprint density at radius 2 is 1.64 bits per heavy atom. The fourth-order valence-corrected chi connectivity index (χ4v) is 3.11. The summed E-state index contributed by atoms with van der Waals surface area (Å²) in [5, 5.41) is 0. The summed E-state index contributed by atoms with van der Waals surface area (Å²) < 4.78 is 32.6. The van der Waals surface area contributed by atoms with Crippen molar-refractivity contribution in [1.29, 1.82) is 0 Å². The minimum atomic E-state index is -3.77. The van der Waals surface area contributed by atoms with E-state index in [-0.39, 0.29) is 10.8 Å². The summed E-state index contributed by atoms with van der Waals surface area (Å²) >= 11 is 0. The number of ether oxygens (including phenoxy) is 1. The lowest BCUT2D eigenvalue weighted by atomic mass is 10.1. The molecule has 1 aromatic carbocycles. The summed E-state index contributed by atoms with van der Waals surface area (Å²) in [7, 11) is -3.77. The fourth-order valence-electron chi connectivity index (χ4n) is 1.77. The van der Waals surface area contributed by atoms with Crippen LogP contribution in [0.3, 0.4) is 0 Å². The lowest BCUT2D eigenvalue weighted by Crippen LogP contribution is -2.47. The van der Waals surface area contributed by atoms with E-state index in [4.69, 9.17) is 4.74 Å². The molecule has 0 spiro atoms. The molecule has 0 saturated carbocycles. The SMILES string of the molecule is Cc1ccc(S(=O)(=O)N[C@H](C(=O)OC(C)(C)C)C(C)C)cc1. The zero-order valence-electron chi connectivity index (χ0n) is 14.0. The van der Waals surface area contributed by atoms with Crippen molar-refractivity contribution >= 4 is 16.0 Å². The maximum Gasteiger partial charge on any atom is 0.324 e. The predicted octanol–water partition coefficient (Wildman–Crippen LogP) is 2.64. The number of sulfonamides is 1. The van der Waals surface area contributed by atoms with Gasteiger partial charge < -0.3 is 4.74 Å². The highest BCUT2D eigenvalue weighted by Crippen LogP contribution is 2.16. The van der Waals surface area contributed by atoms with Gasteiger partial charge in [-0.2, -0.15) is 4.72 Å². The molecular weight excluding hydrogens is 302 g/mol. The fraction of sp³-hybridized carbons (Fsp3) is 0.562. The molecule has 1 N–H and O–H groups in total. The molecule has 0 saturated heterocycles. The lowest BCUT2D eigenvalue weighted by Gasteiger charge is -2.26. The normalized spacial score (nSPS) is 14.0. The van der Waals surface area contributed by atoms with Crippen LogP contribution in [-0.4, -0.2) is 26.0 Å². The highest BCUT2D eigenvalue weighted by atomic mass is 32.2. The molecule has 5 nitrogen and oxygen atoms in total. The van der Waals surface area contributed by atoms with E-state index in [1.165, 1.54) is 12.1 Å². The van der Waals surface area contributed by atoms with Crippen LogP contribution in [0.1, 0.15) is 40.2 Å². The maximum atomic E-state index is 12.4. The van der Waals surface area contributed by atoms with E-state index in [9.17, 15) is 13.2 Å². The maximum absolute atomic E-state index is 12.4. The molecule has 0 aliphatic heterocycles. The molecule has 0 aliphatic carbocycles. The first kappa shape index (κ1) is 18.6. The van der Waals surface area contributed by atoms with Crippen LogP contribution in [0.15, 0.2) is 29.2 Å². The molecule has 0 fully saturated rings. The zero-order chi connectivity index (χ0) is 17.1. The third-order valence-corrected chi connectivity index (χ3v) is 4.40. The van der Waals surface area contributed by atoms with Crippen LogP contribution in [0.4, 0.5) is 0 Å². The second-order valence-electron chi connectivity index (χ2n) is 6.69. The third kappa shape index (κ3) is 5.42. The van der Waals surface area contributed by atoms with Gasteiger partial charge in [0.25, 0.3) is 0 Å². The summed E-state index contributed by atoms with van der Waals surface area (Å²) in [5.74, 6) is -0.798. The Morgan fingerprint density at radius 1 is 1.14 bits per heavy atom. The summed E-state index contributed by atoms with van der Waals surface area (Å²) in [4.78, 5) is 12.3. The first-order valence-electron chi connectivity index (χ1n) is 7.24. The summed E-state index contributed by atoms with van der Waals surface area (Å²) in [6, 6.07) is 5.54. The number of rotatable bonds is 5. The third-order valence-electron chi connectivity index (χ3n) is 2.94. The van der Waals surface area contributed by atoms with Gasteiger partial charge in [-0.25, -0.2) is 8.42 Å². The number of aryl methyl sites for hydroxylation is 1. The first-order valence-corrected chi connectivity index (χ1v) is 8.72. The van der Waals surface area contributed by atoms with Crippen LogP contribution in [0.25, 0.3) is 0 Å². The molecule has 124 valence electrons. The van der Waals surface area contributed by atoms with Crippen molar-refractivity contribution in [2.24, 2.45) is 5.92 Å². The highest BCUT2D eigenvalue weighted by Gasteiger charge is 2.31. The van der Waals surface area contributed by atoms with Gasteiger partial charge in [0.05, 0.1) is 4.90 Å². The van der Waals surface area contributed by atoms with E-state index >= 15 is 0 Å². The van der Waals surface area contributed by atoms with E-state index in [0.717, 1.165) is 5.56 Å². The molecule has 22 heavy (non-hydrogen) atoms. The standard InChI is InChI=1S/C16H25NO4S/c1-11(2)14(15(18)21-16(4,5)6)17-22(19,20)13-9-7-12(3)8-10-13/h7-11,14,17H,1-6H3/t14-/m0/s1. The lowest BCUT2D eigenvalue weighted by molar-refractivity contribution is -0.158. The number of nitrogens with one attached hydrogen (secondary N) is 1. The van der Waals surface area contributed by atoms with Gasteiger partial charge in [0.1, 0.15) is 11.6 Å². The zero-order valence-corrected chi connectivity index (χ0v) is 14.8. The van der Waals surface area contributed by atoms with Crippen LogP contribution in [-0.2, 0) is 19.6 Å². The molecular formula is C16H25NO4S. The molecule has 0 amide bonds. The predicted molar refractivity (Wildman–Crippen MR) is 86.0 cm³/mol.